The van der Waals surface area contributed by atoms with Crippen molar-refractivity contribution in [3.05, 3.63) is 41.3 Å². The van der Waals surface area contributed by atoms with Crippen LogP contribution in [-0.2, 0) is 21.2 Å². The number of carbonyl (C=O) groups excluding carboxylic acids is 1. The molecule has 2 aromatic rings. The Balaban J connectivity index is 1.65. The topological polar surface area (TPSA) is 75.7 Å². The molecule has 0 atom stereocenters. The maximum Gasteiger partial charge on any atom is 0.271 e. The molecule has 1 aliphatic rings. The fourth-order valence-corrected chi connectivity index (χ4v) is 5.22. The molecule has 1 amide bonds. The fourth-order valence-electron chi connectivity index (χ4n) is 2.82. The highest BCUT2D eigenvalue weighted by atomic mass is 32.2. The zero-order valence-electron chi connectivity index (χ0n) is 14.6. The molecular formula is C18H22N2O4S2. The minimum atomic E-state index is -3.67. The average Bonchev–Trinajstić information content (AvgIpc) is 3.28. The molecule has 0 bridgehead atoms. The number of carbonyl (C=O) groups is 1. The van der Waals surface area contributed by atoms with Crippen LogP contribution in [0.1, 0.15) is 24.6 Å². The van der Waals surface area contributed by atoms with Gasteiger partial charge in [0.25, 0.3) is 10.0 Å². The van der Waals surface area contributed by atoms with Crippen LogP contribution in [0.15, 0.2) is 40.6 Å². The molecule has 1 aromatic heterocycles. The highest BCUT2D eigenvalue weighted by Crippen LogP contribution is 2.26. The van der Waals surface area contributed by atoms with Gasteiger partial charge in [0.2, 0.25) is 5.91 Å². The van der Waals surface area contributed by atoms with Crippen molar-refractivity contribution in [3.8, 4) is 5.75 Å². The third-order valence-corrected chi connectivity index (χ3v) is 7.06. The van der Waals surface area contributed by atoms with Crippen LogP contribution in [0.2, 0.25) is 0 Å². The number of nitrogens with zero attached hydrogens (tertiary/aromatic N) is 1. The first-order valence-electron chi connectivity index (χ1n) is 8.60. The van der Waals surface area contributed by atoms with Gasteiger partial charge in [-0.3, -0.25) is 9.52 Å². The van der Waals surface area contributed by atoms with Gasteiger partial charge < -0.3 is 9.64 Å². The van der Waals surface area contributed by atoms with Crippen LogP contribution in [-0.4, -0.2) is 38.9 Å². The molecule has 0 saturated carbocycles. The normalized spacial score (nSPS) is 14.4. The third-order valence-electron chi connectivity index (χ3n) is 4.10. The summed E-state index contributed by atoms with van der Waals surface area (Å²) in [6.45, 7) is 4.04. The molecular weight excluding hydrogens is 372 g/mol. The van der Waals surface area contributed by atoms with E-state index in [0.717, 1.165) is 42.1 Å². The Morgan fingerprint density at radius 1 is 1.15 bits per heavy atom. The number of nitrogens with one attached hydrogen (secondary N) is 1. The van der Waals surface area contributed by atoms with Gasteiger partial charge in [0.05, 0.1) is 13.0 Å². The maximum atomic E-state index is 12.5. The van der Waals surface area contributed by atoms with E-state index in [1.165, 1.54) is 0 Å². The summed E-state index contributed by atoms with van der Waals surface area (Å²) < 4.78 is 33.2. The van der Waals surface area contributed by atoms with E-state index in [9.17, 15) is 13.2 Å². The van der Waals surface area contributed by atoms with E-state index >= 15 is 0 Å². The monoisotopic (exact) mass is 394 g/mol. The first kappa shape index (κ1) is 18.7. The SMILES string of the molecule is CCOc1ccc(NS(=O)(=O)c2ccc(CC(=O)N3CCCC3)s2)cc1. The smallest absolute Gasteiger partial charge is 0.271 e. The number of ether oxygens (including phenoxy) is 1. The molecule has 2 heterocycles. The van der Waals surface area contributed by atoms with E-state index in [4.69, 9.17) is 4.74 Å². The summed E-state index contributed by atoms with van der Waals surface area (Å²) in [5.74, 6) is 0.752. The van der Waals surface area contributed by atoms with Crippen LogP contribution >= 0.6 is 11.3 Å². The highest BCUT2D eigenvalue weighted by Gasteiger charge is 2.21. The molecule has 3 rings (SSSR count). The number of likely N-dealkylation sites (tertiary alicyclic amines) is 1. The van der Waals surface area contributed by atoms with Gasteiger partial charge in [-0.05, 0) is 56.2 Å². The second-order valence-electron chi connectivity index (χ2n) is 6.05. The first-order valence-corrected chi connectivity index (χ1v) is 10.9. The Bertz CT molecular complexity index is 854. The standard InChI is InChI=1S/C18H22N2O4S2/c1-2-24-15-7-5-14(6-8-15)19-26(22,23)18-10-9-16(25-18)13-17(21)20-11-3-4-12-20/h5-10,19H,2-4,11-13H2,1H3. The van der Waals surface area contributed by atoms with Gasteiger partial charge in [-0.1, -0.05) is 0 Å². The summed E-state index contributed by atoms with van der Waals surface area (Å²) in [5, 5.41) is 0. The lowest BCUT2D eigenvalue weighted by atomic mass is 10.3. The van der Waals surface area contributed by atoms with Gasteiger partial charge in [-0.2, -0.15) is 0 Å². The molecule has 1 saturated heterocycles. The van der Waals surface area contributed by atoms with Gasteiger partial charge in [0, 0.05) is 23.7 Å². The molecule has 8 heteroatoms. The number of sulfonamides is 1. The van der Waals surface area contributed by atoms with Crippen molar-refractivity contribution >= 4 is 33.0 Å². The van der Waals surface area contributed by atoms with Crippen molar-refractivity contribution in [2.45, 2.75) is 30.4 Å². The first-order chi connectivity index (χ1) is 12.5. The summed E-state index contributed by atoms with van der Waals surface area (Å²) >= 11 is 1.13. The molecule has 0 unspecified atom stereocenters. The lowest BCUT2D eigenvalue weighted by molar-refractivity contribution is -0.129. The van der Waals surface area contributed by atoms with Crippen LogP contribution in [0.25, 0.3) is 0 Å². The number of hydrogen-bond acceptors (Lipinski definition) is 5. The summed E-state index contributed by atoms with van der Waals surface area (Å²) in [7, 11) is -3.67. The van der Waals surface area contributed by atoms with Crippen LogP contribution in [0, 0.1) is 0 Å². The van der Waals surface area contributed by atoms with Crippen molar-refractivity contribution in [2.75, 3.05) is 24.4 Å². The van der Waals surface area contributed by atoms with E-state index in [0.29, 0.717) is 18.0 Å². The van der Waals surface area contributed by atoms with Crippen LogP contribution in [0.3, 0.4) is 0 Å². The largest absolute Gasteiger partial charge is 0.494 e. The molecule has 6 nitrogen and oxygen atoms in total. The van der Waals surface area contributed by atoms with E-state index in [-0.39, 0.29) is 16.5 Å². The molecule has 1 aromatic carbocycles. The van der Waals surface area contributed by atoms with Crippen molar-refractivity contribution in [1.82, 2.24) is 4.90 Å². The van der Waals surface area contributed by atoms with Crippen molar-refractivity contribution in [3.63, 3.8) is 0 Å². The van der Waals surface area contributed by atoms with Crippen molar-refractivity contribution in [1.29, 1.82) is 0 Å². The van der Waals surface area contributed by atoms with Crippen molar-refractivity contribution in [2.24, 2.45) is 0 Å². The molecule has 1 fully saturated rings. The Labute approximate surface area is 157 Å². The second-order valence-corrected chi connectivity index (χ2v) is 9.13. The van der Waals surface area contributed by atoms with Crippen LogP contribution in [0.5, 0.6) is 5.75 Å². The van der Waals surface area contributed by atoms with Gasteiger partial charge in [-0.25, -0.2) is 8.42 Å². The Morgan fingerprint density at radius 3 is 2.50 bits per heavy atom. The van der Waals surface area contributed by atoms with Gasteiger partial charge in [-0.15, -0.1) is 11.3 Å². The number of thiophene rings is 1. The van der Waals surface area contributed by atoms with Crippen molar-refractivity contribution < 1.29 is 17.9 Å². The Hall–Kier alpha value is -2.06. The molecule has 1 N–H and O–H groups in total. The Morgan fingerprint density at radius 2 is 1.85 bits per heavy atom. The van der Waals surface area contributed by atoms with Gasteiger partial charge >= 0.3 is 0 Å². The van der Waals surface area contributed by atoms with Gasteiger partial charge in [0.15, 0.2) is 0 Å². The molecule has 0 aliphatic carbocycles. The summed E-state index contributed by atoms with van der Waals surface area (Å²) in [5.41, 5.74) is 0.469. The number of amides is 1. The second kappa shape index (κ2) is 8.09. The summed E-state index contributed by atoms with van der Waals surface area (Å²) in [4.78, 5) is 14.8. The highest BCUT2D eigenvalue weighted by molar-refractivity contribution is 7.94. The molecule has 0 spiro atoms. The van der Waals surface area contributed by atoms with Crippen LogP contribution in [0.4, 0.5) is 5.69 Å². The van der Waals surface area contributed by atoms with Crippen LogP contribution < -0.4 is 9.46 Å². The lowest BCUT2D eigenvalue weighted by Crippen LogP contribution is -2.28. The Kier molecular flexibility index (Phi) is 5.83. The number of hydrogen-bond donors (Lipinski definition) is 1. The third kappa shape index (κ3) is 4.56. The molecule has 0 radical (unpaired) electrons. The predicted molar refractivity (Wildman–Crippen MR) is 102 cm³/mol. The number of benzene rings is 1. The molecule has 140 valence electrons. The average molecular weight is 395 g/mol. The minimum absolute atomic E-state index is 0.0628. The minimum Gasteiger partial charge on any atom is -0.494 e. The van der Waals surface area contributed by atoms with E-state index in [1.807, 2.05) is 11.8 Å². The fraction of sp³-hybridized carbons (Fsp3) is 0.389. The zero-order chi connectivity index (χ0) is 18.6. The predicted octanol–water partition coefficient (Wildman–Crippen LogP) is 3.11. The summed E-state index contributed by atoms with van der Waals surface area (Å²) in [6, 6.07) is 10.0. The molecule has 1 aliphatic heterocycles. The van der Waals surface area contributed by atoms with Gasteiger partial charge in [0.1, 0.15) is 9.96 Å². The number of rotatable bonds is 7. The zero-order valence-corrected chi connectivity index (χ0v) is 16.2. The number of anilines is 1. The van der Waals surface area contributed by atoms with E-state index in [2.05, 4.69) is 4.72 Å². The van der Waals surface area contributed by atoms with E-state index in [1.54, 1.807) is 36.4 Å². The summed E-state index contributed by atoms with van der Waals surface area (Å²) in [6.07, 6.45) is 2.34. The maximum absolute atomic E-state index is 12.5. The quantitative estimate of drug-likeness (QED) is 0.783. The lowest BCUT2D eigenvalue weighted by Gasteiger charge is -2.14. The molecule has 26 heavy (non-hydrogen) atoms. The van der Waals surface area contributed by atoms with E-state index < -0.39 is 10.0 Å².